The molecule has 30 heavy (non-hydrogen) atoms. The topological polar surface area (TPSA) is 95.0 Å². The fraction of sp³-hybridized carbons (Fsp3) is 0.435. The van der Waals surface area contributed by atoms with Crippen LogP contribution in [-0.4, -0.2) is 25.0 Å². The van der Waals surface area contributed by atoms with Gasteiger partial charge in [-0.3, -0.25) is 4.68 Å². The van der Waals surface area contributed by atoms with E-state index in [0.717, 1.165) is 27.5 Å². The Bertz CT molecular complexity index is 1040. The van der Waals surface area contributed by atoms with Crippen molar-refractivity contribution in [1.82, 2.24) is 14.8 Å². The number of thiazole rings is 1. The highest BCUT2D eigenvalue weighted by molar-refractivity contribution is 7.09. The number of nitriles is 1. The van der Waals surface area contributed by atoms with E-state index < -0.39 is 5.60 Å². The maximum atomic E-state index is 10.1. The zero-order valence-corrected chi connectivity index (χ0v) is 19.3. The van der Waals surface area contributed by atoms with E-state index in [2.05, 4.69) is 23.9 Å². The van der Waals surface area contributed by atoms with Gasteiger partial charge in [0.05, 0.1) is 23.5 Å². The Morgan fingerprint density at radius 2 is 1.87 bits per heavy atom. The van der Waals surface area contributed by atoms with E-state index in [1.807, 2.05) is 36.0 Å². The Hall–Kier alpha value is -2.69. The van der Waals surface area contributed by atoms with E-state index in [1.165, 1.54) is 24.2 Å². The Labute approximate surface area is 182 Å². The largest absolute Gasteiger partial charge is 0.507 e. The van der Waals surface area contributed by atoms with E-state index in [9.17, 15) is 10.2 Å². The van der Waals surface area contributed by atoms with E-state index in [0.29, 0.717) is 12.2 Å². The van der Waals surface area contributed by atoms with Gasteiger partial charge in [-0.25, -0.2) is 4.98 Å². The monoisotopic (exact) mass is 426 g/mol. The van der Waals surface area contributed by atoms with Crippen molar-refractivity contribution < 1.29 is 10.2 Å². The fourth-order valence-electron chi connectivity index (χ4n) is 2.84. The Balaban J connectivity index is 0.000000735. The summed E-state index contributed by atoms with van der Waals surface area (Å²) in [4.78, 5) is 4.50. The summed E-state index contributed by atoms with van der Waals surface area (Å²) in [6, 6.07) is 6.97. The van der Waals surface area contributed by atoms with Crippen molar-refractivity contribution in [1.29, 1.82) is 5.26 Å². The van der Waals surface area contributed by atoms with Crippen molar-refractivity contribution in [2.45, 2.75) is 66.5 Å². The van der Waals surface area contributed by atoms with E-state index in [-0.39, 0.29) is 11.3 Å². The van der Waals surface area contributed by atoms with Crippen molar-refractivity contribution >= 4 is 11.3 Å². The molecule has 0 aliphatic carbocycles. The maximum Gasteiger partial charge on any atom is 0.133 e. The normalized spacial score (nSPS) is 11.0. The van der Waals surface area contributed by atoms with Gasteiger partial charge >= 0.3 is 0 Å². The van der Waals surface area contributed by atoms with Crippen molar-refractivity contribution in [3.05, 3.63) is 51.2 Å². The molecule has 3 rings (SSSR count). The predicted octanol–water partition coefficient (Wildman–Crippen LogP) is 5.28. The SMILES string of the molecule is CCCC.Cc1nn(Cc2nc(C(C)(C)O)cs2)c(C)c1-c1ccc(C#N)c(O)c1. The van der Waals surface area contributed by atoms with Gasteiger partial charge in [0.1, 0.15) is 22.4 Å². The highest BCUT2D eigenvalue weighted by Gasteiger charge is 2.21. The molecule has 3 aromatic rings. The molecule has 0 unspecified atom stereocenters. The maximum absolute atomic E-state index is 10.1. The lowest BCUT2D eigenvalue weighted by Gasteiger charge is -2.13. The summed E-state index contributed by atoms with van der Waals surface area (Å²) in [6.07, 6.45) is 2.64. The highest BCUT2D eigenvalue weighted by atomic mass is 32.1. The standard InChI is InChI=1S/C19H20N4O2S.C4H10/c1-11-18(13-5-6-14(8-20)15(24)7-13)12(2)23(22-11)9-17-21-16(10-26-17)19(3,4)25;1-3-4-2/h5-7,10,24-25H,9H2,1-4H3;3-4H2,1-2H3. The number of hydrogen-bond acceptors (Lipinski definition) is 6. The highest BCUT2D eigenvalue weighted by Crippen LogP contribution is 2.31. The quantitative estimate of drug-likeness (QED) is 0.578. The molecule has 0 saturated heterocycles. The first kappa shape index (κ1) is 23.6. The second kappa shape index (κ2) is 9.88. The molecule has 160 valence electrons. The van der Waals surface area contributed by atoms with Crippen molar-refractivity contribution in [2.75, 3.05) is 0 Å². The summed E-state index contributed by atoms with van der Waals surface area (Å²) in [6.45, 7) is 12.2. The molecule has 0 aliphatic rings. The second-order valence-electron chi connectivity index (χ2n) is 7.73. The molecule has 0 fully saturated rings. The molecule has 0 saturated carbocycles. The zero-order chi connectivity index (χ0) is 22.5. The van der Waals surface area contributed by atoms with Crippen LogP contribution in [0.15, 0.2) is 23.6 Å². The molecule has 0 aliphatic heterocycles. The lowest BCUT2D eigenvalue weighted by Crippen LogP contribution is -2.16. The average Bonchev–Trinajstić information content (AvgIpc) is 3.27. The lowest BCUT2D eigenvalue weighted by atomic mass is 10.0. The third-order valence-electron chi connectivity index (χ3n) is 4.75. The molecule has 0 radical (unpaired) electrons. The van der Waals surface area contributed by atoms with Crippen molar-refractivity contribution in [2.24, 2.45) is 0 Å². The van der Waals surface area contributed by atoms with Gasteiger partial charge in [0, 0.05) is 16.6 Å². The Morgan fingerprint density at radius 1 is 1.20 bits per heavy atom. The summed E-state index contributed by atoms with van der Waals surface area (Å²) in [5, 5.41) is 36.3. The van der Waals surface area contributed by atoms with Gasteiger partial charge in [-0.1, -0.05) is 32.8 Å². The molecule has 0 spiro atoms. The van der Waals surface area contributed by atoms with Crippen LogP contribution in [0.1, 0.15) is 68.2 Å². The van der Waals surface area contributed by atoms with Gasteiger partial charge in [-0.15, -0.1) is 11.3 Å². The molecule has 6 nitrogen and oxygen atoms in total. The van der Waals surface area contributed by atoms with Crippen LogP contribution in [0, 0.1) is 25.2 Å². The summed E-state index contributed by atoms with van der Waals surface area (Å²) < 4.78 is 1.87. The van der Waals surface area contributed by atoms with Crippen LogP contribution in [0.2, 0.25) is 0 Å². The van der Waals surface area contributed by atoms with Crippen LogP contribution in [-0.2, 0) is 12.1 Å². The predicted molar refractivity (Wildman–Crippen MR) is 121 cm³/mol. The second-order valence-corrected chi connectivity index (χ2v) is 8.68. The lowest BCUT2D eigenvalue weighted by molar-refractivity contribution is 0.0743. The number of aryl methyl sites for hydroxylation is 1. The molecular weight excluding hydrogens is 396 g/mol. The van der Waals surface area contributed by atoms with Gasteiger partial charge < -0.3 is 10.2 Å². The number of aliphatic hydroxyl groups is 1. The number of benzene rings is 1. The molecule has 0 amide bonds. The van der Waals surface area contributed by atoms with Gasteiger partial charge in [0.2, 0.25) is 0 Å². The number of phenols is 1. The van der Waals surface area contributed by atoms with Crippen LogP contribution in [0.5, 0.6) is 5.75 Å². The van der Waals surface area contributed by atoms with Crippen molar-refractivity contribution in [3.63, 3.8) is 0 Å². The number of phenolic OH excluding ortho intramolecular Hbond substituents is 1. The number of unbranched alkanes of at least 4 members (excludes halogenated alkanes) is 1. The number of aromatic hydroxyl groups is 1. The van der Waals surface area contributed by atoms with E-state index >= 15 is 0 Å². The van der Waals surface area contributed by atoms with Crippen LogP contribution in [0.3, 0.4) is 0 Å². The van der Waals surface area contributed by atoms with Gasteiger partial charge in [-0.2, -0.15) is 10.4 Å². The first-order chi connectivity index (χ1) is 14.1. The summed E-state index contributed by atoms with van der Waals surface area (Å²) in [5.41, 5.74) is 3.48. The fourth-order valence-corrected chi connectivity index (χ4v) is 3.78. The molecule has 0 bridgehead atoms. The third-order valence-corrected chi connectivity index (χ3v) is 5.59. The summed E-state index contributed by atoms with van der Waals surface area (Å²) in [7, 11) is 0. The average molecular weight is 427 g/mol. The van der Waals surface area contributed by atoms with E-state index in [1.54, 1.807) is 26.0 Å². The molecular formula is C23H30N4O2S. The number of nitrogens with zero attached hydrogens (tertiary/aromatic N) is 4. The molecule has 0 atom stereocenters. The minimum Gasteiger partial charge on any atom is -0.507 e. The van der Waals surface area contributed by atoms with Crippen molar-refractivity contribution in [3.8, 4) is 22.9 Å². The van der Waals surface area contributed by atoms with Gasteiger partial charge in [-0.05, 0) is 45.4 Å². The number of hydrogen-bond donors (Lipinski definition) is 2. The number of aromatic nitrogens is 3. The number of rotatable bonds is 5. The van der Waals surface area contributed by atoms with E-state index in [4.69, 9.17) is 5.26 Å². The first-order valence-corrected chi connectivity index (χ1v) is 10.9. The molecule has 1 aromatic carbocycles. The zero-order valence-electron chi connectivity index (χ0n) is 18.5. The van der Waals surface area contributed by atoms with Gasteiger partial charge in [0.15, 0.2) is 0 Å². The minimum absolute atomic E-state index is 0.0358. The van der Waals surface area contributed by atoms with Crippen LogP contribution in [0.25, 0.3) is 11.1 Å². The minimum atomic E-state index is -0.963. The Morgan fingerprint density at radius 3 is 2.37 bits per heavy atom. The van der Waals surface area contributed by atoms with Crippen LogP contribution in [0.4, 0.5) is 0 Å². The van der Waals surface area contributed by atoms with Crippen LogP contribution >= 0.6 is 11.3 Å². The summed E-state index contributed by atoms with van der Waals surface area (Å²) in [5.74, 6) is -0.0358. The Kier molecular flexibility index (Phi) is 7.77. The molecule has 2 aromatic heterocycles. The van der Waals surface area contributed by atoms with Gasteiger partial charge in [0.25, 0.3) is 0 Å². The summed E-state index contributed by atoms with van der Waals surface area (Å²) >= 11 is 1.49. The van der Waals surface area contributed by atoms with Crippen LogP contribution < -0.4 is 0 Å². The molecule has 2 N–H and O–H groups in total. The first-order valence-electron chi connectivity index (χ1n) is 10.1. The molecule has 7 heteroatoms. The smallest absolute Gasteiger partial charge is 0.133 e. The molecule has 2 heterocycles. The third kappa shape index (κ3) is 5.47.